The Labute approximate surface area is 392 Å². The van der Waals surface area contributed by atoms with E-state index in [9.17, 15) is 24.0 Å². The normalized spacial score (nSPS) is 18.9. The number of amides is 3. The molecule has 2 aliphatic rings. The number of tetrazole rings is 1. The zero-order valence-corrected chi connectivity index (χ0v) is 37.6. The lowest BCUT2D eigenvalue weighted by molar-refractivity contribution is -0.135. The number of Topliss-reactive ketones (excluding diaryl/α,β-unsaturated/α-hetero) is 2. The number of aromatic nitrogens is 4. The highest BCUT2D eigenvalue weighted by atomic mass is 32.1. The number of hydrogen-bond acceptors (Lipinski definition) is 10. The summed E-state index contributed by atoms with van der Waals surface area (Å²) in [5, 5.41) is 25.6. The first-order chi connectivity index (χ1) is 32.7. The van der Waals surface area contributed by atoms with Gasteiger partial charge in [-0.3, -0.25) is 24.0 Å². The monoisotopic (exact) mass is 913 g/mol. The molecule has 0 spiro atoms. The largest absolute Gasteiger partial charge is 0.486 e. The molecule has 2 bridgehead atoms. The van der Waals surface area contributed by atoms with Gasteiger partial charge in [0.1, 0.15) is 18.4 Å². The lowest BCUT2D eigenvalue weighted by atomic mass is 9.89. The minimum atomic E-state index is -1.14. The maximum absolute atomic E-state index is 14.9. The SMILES string of the molecule is O=C1COc2ccc(cc2)C[C@@H](C(=O)N[C@@H](Cc2ccccc2)c2nn[nH]n2)CC(=O)[C@H](Cc2ccccc2)NC(=O)[C@@H](Cc2ccc(-c3ccccc3)cc2)NC(=O)[C@H](Cc2cccs2)C1. The second kappa shape index (κ2) is 22.6. The van der Waals surface area contributed by atoms with Gasteiger partial charge < -0.3 is 20.7 Å². The number of thiophene rings is 1. The van der Waals surface area contributed by atoms with Crippen molar-refractivity contribution in [3.63, 3.8) is 0 Å². The summed E-state index contributed by atoms with van der Waals surface area (Å²) >= 11 is 1.48. The lowest BCUT2D eigenvalue weighted by Gasteiger charge is -2.26. The molecule has 0 saturated carbocycles. The summed E-state index contributed by atoms with van der Waals surface area (Å²) in [6.07, 6.45) is 0.675. The summed E-state index contributed by atoms with van der Waals surface area (Å²) in [7, 11) is 0. The van der Waals surface area contributed by atoms with Crippen LogP contribution < -0.4 is 20.7 Å². The molecule has 4 heterocycles. The van der Waals surface area contributed by atoms with Gasteiger partial charge in [-0.25, -0.2) is 0 Å². The first-order valence-corrected chi connectivity index (χ1v) is 23.3. The van der Waals surface area contributed by atoms with Crippen LogP contribution in [-0.2, 0) is 56.1 Å². The molecule has 67 heavy (non-hydrogen) atoms. The van der Waals surface area contributed by atoms with Gasteiger partial charge in [0, 0.05) is 42.4 Å². The molecular weight excluding hydrogens is 863 g/mol. The number of rotatable bonds is 12. The molecule has 13 nitrogen and oxygen atoms in total. The molecule has 14 heteroatoms. The highest BCUT2D eigenvalue weighted by Gasteiger charge is 2.34. The van der Waals surface area contributed by atoms with Gasteiger partial charge >= 0.3 is 0 Å². The minimum absolute atomic E-state index is 0.0968. The molecule has 0 unspecified atom stereocenters. The van der Waals surface area contributed by atoms with Crippen LogP contribution in [0.1, 0.15) is 51.8 Å². The lowest BCUT2D eigenvalue weighted by Crippen LogP contribution is -2.54. The summed E-state index contributed by atoms with van der Waals surface area (Å²) in [6, 6.07) is 44.6. The van der Waals surface area contributed by atoms with Gasteiger partial charge in [0.15, 0.2) is 17.4 Å². The van der Waals surface area contributed by atoms with Crippen molar-refractivity contribution in [3.8, 4) is 16.9 Å². The third-order valence-electron chi connectivity index (χ3n) is 11.9. The van der Waals surface area contributed by atoms with E-state index in [1.165, 1.54) is 11.3 Å². The number of carbonyl (C=O) groups is 5. The highest BCUT2D eigenvalue weighted by molar-refractivity contribution is 7.09. The Morgan fingerprint density at radius 3 is 1.97 bits per heavy atom. The summed E-state index contributed by atoms with van der Waals surface area (Å²) in [5.41, 5.74) is 5.27. The zero-order chi connectivity index (χ0) is 46.4. The molecule has 3 amide bonds. The number of ether oxygens (including phenoxy) is 1. The number of ketones is 2. The molecule has 2 aliphatic heterocycles. The molecule has 340 valence electrons. The summed E-state index contributed by atoms with van der Waals surface area (Å²) in [5.74, 6) is -3.11. The van der Waals surface area contributed by atoms with E-state index in [0.29, 0.717) is 12.2 Å². The van der Waals surface area contributed by atoms with Crippen molar-refractivity contribution in [2.24, 2.45) is 11.8 Å². The van der Waals surface area contributed by atoms with Gasteiger partial charge in [0.05, 0.1) is 12.1 Å². The van der Waals surface area contributed by atoms with E-state index in [2.05, 4.69) is 36.6 Å². The predicted octanol–water partition coefficient (Wildman–Crippen LogP) is 6.81. The summed E-state index contributed by atoms with van der Waals surface area (Å²) < 4.78 is 5.93. The Kier molecular flexibility index (Phi) is 15.5. The maximum Gasteiger partial charge on any atom is 0.243 e. The van der Waals surface area contributed by atoms with E-state index in [-0.39, 0.29) is 62.5 Å². The van der Waals surface area contributed by atoms with E-state index in [1.54, 1.807) is 24.3 Å². The van der Waals surface area contributed by atoms with E-state index in [1.807, 2.05) is 133 Å². The third-order valence-corrected chi connectivity index (χ3v) is 12.8. The topological polar surface area (TPSA) is 185 Å². The van der Waals surface area contributed by atoms with E-state index >= 15 is 0 Å². The fourth-order valence-corrected chi connectivity index (χ4v) is 9.09. The van der Waals surface area contributed by atoms with Gasteiger partial charge in [-0.1, -0.05) is 139 Å². The zero-order valence-electron chi connectivity index (χ0n) is 36.8. The fourth-order valence-electron chi connectivity index (χ4n) is 8.30. The van der Waals surface area contributed by atoms with E-state index < -0.39 is 47.7 Å². The van der Waals surface area contributed by atoms with Crippen molar-refractivity contribution in [2.75, 3.05) is 6.61 Å². The second-order valence-corrected chi connectivity index (χ2v) is 17.9. The van der Waals surface area contributed by atoms with Crippen LogP contribution >= 0.6 is 11.3 Å². The quantitative estimate of drug-likeness (QED) is 0.102. The molecule has 5 aromatic carbocycles. The van der Waals surface area contributed by atoms with Gasteiger partial charge in [0.25, 0.3) is 0 Å². The molecule has 9 rings (SSSR count). The second-order valence-electron chi connectivity index (χ2n) is 16.8. The standard InChI is InChI=1S/C53H51N7O6S/c61-43-31-42(32-45-17-10-26-67-45)52(64)56-48(30-38-18-22-40(23-19-38)39-15-8-3-9-16-39)53(65)54-46(28-35-11-4-1-5-12-35)49(62)33-41(27-37-20-24-44(25-21-37)66-34-43)51(63)55-47(50-57-59-60-58-50)29-36-13-6-2-7-14-36/h1-26,41-42,46-48H,27-34H2,(H,54,65)(H,55,63)(H,56,64)(H,57,58,59,60)/t41-,42+,46+,47+,48-/m1/s1. The number of H-pyrrole nitrogens is 1. The van der Waals surface area contributed by atoms with Crippen LogP contribution in [0.4, 0.5) is 0 Å². The molecular formula is C53H51N7O6S. The third kappa shape index (κ3) is 13.0. The number of aromatic amines is 1. The average molecular weight is 914 g/mol. The van der Waals surface area contributed by atoms with Crippen molar-refractivity contribution in [3.05, 3.63) is 190 Å². The number of hydrogen-bond donors (Lipinski definition) is 4. The maximum atomic E-state index is 14.9. The number of nitrogens with one attached hydrogen (secondary N) is 4. The number of nitrogens with zero attached hydrogens (tertiary/aromatic N) is 3. The predicted molar refractivity (Wildman–Crippen MR) is 255 cm³/mol. The Morgan fingerprint density at radius 2 is 1.30 bits per heavy atom. The Bertz CT molecular complexity index is 2700. The van der Waals surface area contributed by atoms with Crippen LogP contribution in [-0.4, -0.2) is 68.6 Å². The summed E-state index contributed by atoms with van der Waals surface area (Å²) in [6.45, 7) is -0.273. The van der Waals surface area contributed by atoms with Crippen molar-refractivity contribution < 1.29 is 28.7 Å². The van der Waals surface area contributed by atoms with Gasteiger partial charge in [-0.2, -0.15) is 5.21 Å². The molecule has 0 fully saturated rings. The van der Waals surface area contributed by atoms with Gasteiger partial charge in [0.2, 0.25) is 17.7 Å². The minimum Gasteiger partial charge on any atom is -0.486 e. The Morgan fingerprint density at radius 1 is 0.657 bits per heavy atom. The molecule has 7 aromatic rings. The van der Waals surface area contributed by atoms with Crippen LogP contribution in [0.25, 0.3) is 11.1 Å². The van der Waals surface area contributed by atoms with Crippen molar-refractivity contribution in [1.29, 1.82) is 0 Å². The smallest absolute Gasteiger partial charge is 0.243 e. The van der Waals surface area contributed by atoms with Gasteiger partial charge in [-0.15, -0.1) is 21.5 Å². The molecule has 5 atom stereocenters. The number of benzene rings is 5. The fraction of sp³-hybridized carbons (Fsp3) is 0.245. The molecule has 0 aliphatic carbocycles. The molecule has 0 radical (unpaired) electrons. The Balaban J connectivity index is 1.13. The Hall–Kier alpha value is -7.58. The average Bonchev–Trinajstić information content (AvgIpc) is 4.10. The first kappa shape index (κ1) is 46.0. The van der Waals surface area contributed by atoms with Crippen molar-refractivity contribution in [1.82, 2.24) is 36.6 Å². The van der Waals surface area contributed by atoms with Crippen LogP contribution in [0.3, 0.4) is 0 Å². The van der Waals surface area contributed by atoms with E-state index in [0.717, 1.165) is 38.3 Å². The van der Waals surface area contributed by atoms with Crippen LogP contribution in [0.2, 0.25) is 0 Å². The molecule has 4 N–H and O–H groups in total. The van der Waals surface area contributed by atoms with Gasteiger partial charge in [-0.05, 0) is 76.2 Å². The van der Waals surface area contributed by atoms with Crippen LogP contribution in [0, 0.1) is 11.8 Å². The first-order valence-electron chi connectivity index (χ1n) is 22.4. The number of fused-ring (bicyclic) bond motifs is 16. The van der Waals surface area contributed by atoms with Crippen LogP contribution in [0.5, 0.6) is 5.75 Å². The highest BCUT2D eigenvalue weighted by Crippen LogP contribution is 2.25. The summed E-state index contributed by atoms with van der Waals surface area (Å²) in [4.78, 5) is 73.2. The van der Waals surface area contributed by atoms with E-state index in [4.69, 9.17) is 4.74 Å². The molecule has 2 aromatic heterocycles. The van der Waals surface area contributed by atoms with Crippen molar-refractivity contribution in [2.45, 2.75) is 63.1 Å². The van der Waals surface area contributed by atoms with Crippen molar-refractivity contribution >= 4 is 40.6 Å². The molecule has 0 saturated heterocycles. The van der Waals surface area contributed by atoms with Crippen LogP contribution in [0.15, 0.2) is 157 Å². The number of carbonyl (C=O) groups excluding carboxylic acids is 5.